The second kappa shape index (κ2) is 7.26. The van der Waals surface area contributed by atoms with Crippen molar-refractivity contribution in [2.45, 2.75) is 0 Å². The molecule has 0 amide bonds. The van der Waals surface area contributed by atoms with Crippen LogP contribution < -0.4 is 15.7 Å². The van der Waals surface area contributed by atoms with Crippen molar-refractivity contribution in [2.24, 2.45) is 0 Å². The normalized spacial score (nSPS) is 10.3. The first-order chi connectivity index (χ1) is 14.1. The lowest BCUT2D eigenvalue weighted by Gasteiger charge is -2.13. The fourth-order valence-electron chi connectivity index (χ4n) is 3.01. The summed E-state index contributed by atoms with van der Waals surface area (Å²) >= 11 is 0. The lowest BCUT2D eigenvalue weighted by Crippen LogP contribution is -2.20. The molecule has 29 heavy (non-hydrogen) atoms. The quantitative estimate of drug-likeness (QED) is 0.550. The number of rotatable bonds is 4. The predicted molar refractivity (Wildman–Crippen MR) is 112 cm³/mol. The Morgan fingerprint density at radius 1 is 1.14 bits per heavy atom. The molecule has 0 atom stereocenters. The fraction of sp³-hybridized carbons (Fsp3) is 0.0455. The van der Waals surface area contributed by atoms with Crippen molar-refractivity contribution >= 4 is 22.4 Å². The third-order valence-corrected chi connectivity index (χ3v) is 4.40. The largest absolute Gasteiger partial charge is 0.494 e. The number of anilines is 2. The maximum atomic E-state index is 12.5. The Morgan fingerprint density at radius 3 is 2.72 bits per heavy atom. The van der Waals surface area contributed by atoms with E-state index < -0.39 is 0 Å². The molecule has 0 aliphatic rings. The monoisotopic (exact) mass is 381 g/mol. The molecule has 0 bridgehead atoms. The predicted octanol–water partition coefficient (Wildman–Crippen LogP) is 2.75. The van der Waals surface area contributed by atoms with Crippen LogP contribution in [0.25, 0.3) is 16.6 Å². The molecule has 140 valence electrons. The second-order valence-corrected chi connectivity index (χ2v) is 6.06. The van der Waals surface area contributed by atoms with E-state index >= 15 is 0 Å². The molecule has 2 heterocycles. The van der Waals surface area contributed by atoms with Gasteiger partial charge in [0.25, 0.3) is 0 Å². The first-order valence-electron chi connectivity index (χ1n) is 8.58. The number of nitrogens with zero attached hydrogens (tertiary/aromatic N) is 4. The van der Waals surface area contributed by atoms with Crippen LogP contribution in [0, 0.1) is 24.8 Å². The minimum atomic E-state index is -0.377. The van der Waals surface area contributed by atoms with Gasteiger partial charge in [-0.25, -0.2) is 19.3 Å². The number of terminal acetylenes is 2. The SMILES string of the molecule is C#Cc1cccc(Nc2ncnc3cc(OC)c(-n4ccn(C#C)c4=O)cc23)c1. The van der Waals surface area contributed by atoms with Gasteiger partial charge < -0.3 is 10.1 Å². The molecule has 0 spiro atoms. The first kappa shape index (κ1) is 17.9. The van der Waals surface area contributed by atoms with E-state index in [1.54, 1.807) is 18.3 Å². The second-order valence-electron chi connectivity index (χ2n) is 6.06. The van der Waals surface area contributed by atoms with Gasteiger partial charge in [-0.05, 0) is 24.3 Å². The van der Waals surface area contributed by atoms with Crippen molar-refractivity contribution in [2.75, 3.05) is 12.4 Å². The number of methoxy groups -OCH3 is 1. The lowest BCUT2D eigenvalue weighted by atomic mass is 10.1. The highest BCUT2D eigenvalue weighted by Crippen LogP contribution is 2.31. The number of ether oxygens (including phenoxy) is 1. The number of nitrogens with one attached hydrogen (secondary N) is 1. The smallest absolute Gasteiger partial charge is 0.344 e. The molecule has 2 aromatic heterocycles. The van der Waals surface area contributed by atoms with Crippen LogP contribution in [-0.2, 0) is 0 Å². The van der Waals surface area contributed by atoms with Crippen LogP contribution in [0.15, 0.2) is 59.9 Å². The Morgan fingerprint density at radius 2 is 2.00 bits per heavy atom. The number of imidazole rings is 1. The van der Waals surface area contributed by atoms with Gasteiger partial charge in [-0.15, -0.1) is 6.42 Å². The van der Waals surface area contributed by atoms with Gasteiger partial charge in [0.05, 0.1) is 18.3 Å². The van der Waals surface area contributed by atoms with Crippen LogP contribution in [0.5, 0.6) is 5.75 Å². The van der Waals surface area contributed by atoms with E-state index in [2.05, 4.69) is 27.2 Å². The topological polar surface area (TPSA) is 74.0 Å². The van der Waals surface area contributed by atoms with Crippen molar-refractivity contribution in [1.82, 2.24) is 19.1 Å². The van der Waals surface area contributed by atoms with Crippen molar-refractivity contribution in [3.8, 4) is 36.2 Å². The van der Waals surface area contributed by atoms with E-state index in [1.807, 2.05) is 24.3 Å². The van der Waals surface area contributed by atoms with Crippen LogP contribution in [0.3, 0.4) is 0 Å². The average Bonchev–Trinajstić information content (AvgIpc) is 3.13. The van der Waals surface area contributed by atoms with E-state index in [4.69, 9.17) is 17.6 Å². The summed E-state index contributed by atoms with van der Waals surface area (Å²) in [5.41, 5.74) is 2.33. The summed E-state index contributed by atoms with van der Waals surface area (Å²) in [6, 6.07) is 13.3. The van der Waals surface area contributed by atoms with Crippen molar-refractivity contribution in [3.05, 3.63) is 71.2 Å². The highest BCUT2D eigenvalue weighted by molar-refractivity contribution is 5.93. The van der Waals surface area contributed by atoms with Gasteiger partial charge >= 0.3 is 5.69 Å². The summed E-state index contributed by atoms with van der Waals surface area (Å²) in [7, 11) is 1.53. The molecule has 0 radical (unpaired) electrons. The lowest BCUT2D eigenvalue weighted by molar-refractivity contribution is 0.413. The Balaban J connectivity index is 1.89. The summed E-state index contributed by atoms with van der Waals surface area (Å²) in [6.45, 7) is 0. The summed E-state index contributed by atoms with van der Waals surface area (Å²) < 4.78 is 8.03. The zero-order chi connectivity index (χ0) is 20.4. The molecule has 7 heteroatoms. The molecule has 4 aromatic rings. The number of aromatic nitrogens is 4. The number of hydrogen-bond acceptors (Lipinski definition) is 5. The molecule has 0 saturated heterocycles. The van der Waals surface area contributed by atoms with Gasteiger partial charge in [-0.1, -0.05) is 18.4 Å². The van der Waals surface area contributed by atoms with E-state index in [9.17, 15) is 4.79 Å². The highest BCUT2D eigenvalue weighted by Gasteiger charge is 2.14. The fourth-order valence-corrected chi connectivity index (χ4v) is 3.01. The van der Waals surface area contributed by atoms with Crippen LogP contribution in [0.2, 0.25) is 0 Å². The van der Waals surface area contributed by atoms with Crippen LogP contribution >= 0.6 is 0 Å². The molecule has 2 aromatic carbocycles. The summed E-state index contributed by atoms with van der Waals surface area (Å²) in [4.78, 5) is 21.2. The van der Waals surface area contributed by atoms with E-state index in [0.29, 0.717) is 28.2 Å². The first-order valence-corrected chi connectivity index (χ1v) is 8.58. The molecule has 0 saturated carbocycles. The minimum Gasteiger partial charge on any atom is -0.494 e. The number of fused-ring (bicyclic) bond motifs is 1. The van der Waals surface area contributed by atoms with Gasteiger partial charge in [0.2, 0.25) is 0 Å². The molecule has 1 N–H and O–H groups in total. The van der Waals surface area contributed by atoms with E-state index in [0.717, 1.165) is 15.8 Å². The standard InChI is InChI=1S/C22H15N5O2/c1-4-15-7-6-8-16(11-15)25-21-17-12-19(27-10-9-26(5-2)22(27)28)20(29-3)13-18(17)23-14-24-21/h1-2,6-14H,3H3,(H,23,24,25). The maximum Gasteiger partial charge on any atom is 0.344 e. The van der Waals surface area contributed by atoms with Crippen LogP contribution in [0.1, 0.15) is 5.56 Å². The third-order valence-electron chi connectivity index (χ3n) is 4.40. The highest BCUT2D eigenvalue weighted by atomic mass is 16.5. The van der Waals surface area contributed by atoms with Crippen LogP contribution in [0.4, 0.5) is 11.5 Å². The summed E-state index contributed by atoms with van der Waals surface area (Å²) in [5, 5.41) is 3.96. The Hall–Kier alpha value is -4.49. The number of hydrogen-bond donors (Lipinski definition) is 1. The Bertz CT molecular complexity index is 1370. The van der Waals surface area contributed by atoms with E-state index in [-0.39, 0.29) is 5.69 Å². The van der Waals surface area contributed by atoms with Crippen molar-refractivity contribution in [1.29, 1.82) is 0 Å². The molecule has 0 aliphatic carbocycles. The third kappa shape index (κ3) is 3.18. The zero-order valence-electron chi connectivity index (χ0n) is 15.5. The zero-order valence-corrected chi connectivity index (χ0v) is 15.5. The average molecular weight is 381 g/mol. The number of benzene rings is 2. The summed E-state index contributed by atoms with van der Waals surface area (Å²) in [5.74, 6) is 3.65. The molecule has 0 unspecified atom stereocenters. The van der Waals surface area contributed by atoms with Gasteiger partial charge in [0.15, 0.2) is 0 Å². The van der Waals surface area contributed by atoms with Gasteiger partial charge in [0, 0.05) is 41.1 Å². The Labute approximate surface area is 166 Å². The molecule has 0 fully saturated rings. The summed E-state index contributed by atoms with van der Waals surface area (Å²) in [6.07, 6.45) is 15.4. The Kier molecular flexibility index (Phi) is 4.48. The van der Waals surface area contributed by atoms with E-state index in [1.165, 1.54) is 24.2 Å². The van der Waals surface area contributed by atoms with Crippen molar-refractivity contribution < 1.29 is 4.74 Å². The maximum absolute atomic E-state index is 12.5. The van der Waals surface area contributed by atoms with Crippen LogP contribution in [-0.4, -0.2) is 26.2 Å². The molecule has 7 nitrogen and oxygen atoms in total. The van der Waals surface area contributed by atoms with Gasteiger partial charge in [-0.3, -0.25) is 4.57 Å². The minimum absolute atomic E-state index is 0.377. The molecular formula is C22H15N5O2. The van der Waals surface area contributed by atoms with Gasteiger partial charge in [0.1, 0.15) is 17.9 Å². The van der Waals surface area contributed by atoms with Gasteiger partial charge in [-0.2, -0.15) is 0 Å². The molecule has 4 rings (SSSR count). The molecular weight excluding hydrogens is 366 g/mol. The molecule has 0 aliphatic heterocycles. The van der Waals surface area contributed by atoms with Crippen molar-refractivity contribution in [3.63, 3.8) is 0 Å².